The van der Waals surface area contributed by atoms with E-state index in [1.54, 1.807) is 18.3 Å². The number of thiazole rings is 1. The van der Waals surface area contributed by atoms with Crippen molar-refractivity contribution in [3.8, 4) is 16.5 Å². The van der Waals surface area contributed by atoms with Crippen molar-refractivity contribution < 1.29 is 9.18 Å². The van der Waals surface area contributed by atoms with Crippen molar-refractivity contribution in [3.05, 3.63) is 66.1 Å². The van der Waals surface area contributed by atoms with E-state index in [0.29, 0.717) is 13.0 Å². The average molecular weight is 423 g/mol. The van der Waals surface area contributed by atoms with Gasteiger partial charge in [-0.2, -0.15) is 5.26 Å². The highest BCUT2D eigenvalue weighted by atomic mass is 32.2. The summed E-state index contributed by atoms with van der Waals surface area (Å²) in [5, 5.41) is 12.7. The second-order valence-corrected chi connectivity index (χ2v) is 9.42. The number of hydrogen-bond acceptors (Lipinski definition) is 6. The minimum absolute atomic E-state index is 0.0480. The summed E-state index contributed by atoms with van der Waals surface area (Å²) in [5.41, 5.74) is 1.98. The van der Waals surface area contributed by atoms with Crippen molar-refractivity contribution in [2.24, 2.45) is 0 Å². The van der Waals surface area contributed by atoms with Crippen molar-refractivity contribution in [2.75, 3.05) is 11.9 Å². The first-order valence-electron chi connectivity index (χ1n) is 9.06. The highest BCUT2D eigenvalue weighted by Crippen LogP contribution is 2.49. The molecule has 0 aliphatic carbocycles. The highest BCUT2D eigenvalue weighted by molar-refractivity contribution is 7.98. The van der Waals surface area contributed by atoms with Crippen LogP contribution >= 0.6 is 23.3 Å². The van der Waals surface area contributed by atoms with Crippen LogP contribution in [-0.4, -0.2) is 27.8 Å². The van der Waals surface area contributed by atoms with Gasteiger partial charge in [0.15, 0.2) is 4.34 Å². The molecule has 2 aromatic carbocycles. The van der Waals surface area contributed by atoms with Crippen LogP contribution in [0.1, 0.15) is 12.0 Å². The Morgan fingerprint density at radius 1 is 1.28 bits per heavy atom. The van der Waals surface area contributed by atoms with E-state index in [1.807, 2.05) is 28.6 Å². The van der Waals surface area contributed by atoms with Gasteiger partial charge in [-0.1, -0.05) is 30.3 Å². The van der Waals surface area contributed by atoms with E-state index in [1.165, 1.54) is 35.4 Å². The maximum Gasteiger partial charge on any atom is 0.236 e. The molecule has 144 valence electrons. The molecule has 1 saturated heterocycles. The monoisotopic (exact) mass is 422 g/mol. The van der Waals surface area contributed by atoms with E-state index in [2.05, 4.69) is 16.4 Å². The SMILES string of the molecule is N#CC1C[C@@]2(CN1Sc1ncc(-c3ccc(F)cc3)s1)C(=O)Nc1ccccc12. The molecule has 1 fully saturated rings. The van der Waals surface area contributed by atoms with Gasteiger partial charge < -0.3 is 5.32 Å². The molecule has 1 amide bonds. The number of amides is 1. The summed E-state index contributed by atoms with van der Waals surface area (Å²) in [5.74, 6) is -0.324. The van der Waals surface area contributed by atoms with Gasteiger partial charge >= 0.3 is 0 Å². The molecule has 0 radical (unpaired) electrons. The summed E-state index contributed by atoms with van der Waals surface area (Å²) in [7, 11) is 0. The third-order valence-electron chi connectivity index (χ3n) is 5.40. The molecule has 3 aromatic rings. The average Bonchev–Trinajstić information content (AvgIpc) is 3.41. The topological polar surface area (TPSA) is 69.0 Å². The number of carbonyl (C=O) groups is 1. The van der Waals surface area contributed by atoms with Crippen LogP contribution in [0.4, 0.5) is 10.1 Å². The van der Waals surface area contributed by atoms with Gasteiger partial charge in [0.25, 0.3) is 0 Å². The van der Waals surface area contributed by atoms with E-state index in [-0.39, 0.29) is 11.7 Å². The number of para-hydroxylation sites is 1. The van der Waals surface area contributed by atoms with Gasteiger partial charge in [-0.05, 0) is 47.7 Å². The lowest BCUT2D eigenvalue weighted by Gasteiger charge is -2.21. The van der Waals surface area contributed by atoms with Crippen LogP contribution < -0.4 is 5.32 Å². The lowest BCUT2D eigenvalue weighted by molar-refractivity contribution is -0.120. The molecule has 1 N–H and O–H groups in total. The van der Waals surface area contributed by atoms with Gasteiger partial charge in [-0.15, -0.1) is 11.3 Å². The second-order valence-electron chi connectivity index (χ2n) is 7.09. The van der Waals surface area contributed by atoms with E-state index in [9.17, 15) is 14.4 Å². The molecular weight excluding hydrogens is 407 g/mol. The summed E-state index contributed by atoms with van der Waals surface area (Å²) in [4.78, 5) is 18.2. The van der Waals surface area contributed by atoms with Gasteiger partial charge in [0, 0.05) is 18.4 Å². The summed E-state index contributed by atoms with van der Waals surface area (Å²) in [6, 6.07) is 15.9. The van der Waals surface area contributed by atoms with Crippen LogP contribution in [0.3, 0.4) is 0 Å². The van der Waals surface area contributed by atoms with Crippen LogP contribution in [0.25, 0.3) is 10.4 Å². The van der Waals surface area contributed by atoms with Crippen molar-refractivity contribution in [2.45, 2.75) is 22.2 Å². The second kappa shape index (κ2) is 6.95. The fourth-order valence-corrected chi connectivity index (χ4v) is 6.15. The zero-order valence-corrected chi connectivity index (χ0v) is 16.8. The number of anilines is 1. The number of fused-ring (bicyclic) bond motifs is 2. The van der Waals surface area contributed by atoms with Gasteiger partial charge in [0.1, 0.15) is 11.9 Å². The number of nitrogens with one attached hydrogen (secondary N) is 1. The number of carbonyl (C=O) groups excluding carboxylic acids is 1. The highest BCUT2D eigenvalue weighted by Gasteiger charge is 2.55. The molecule has 1 aromatic heterocycles. The number of benzene rings is 2. The Hall–Kier alpha value is -2.73. The number of halogens is 1. The third kappa shape index (κ3) is 3.02. The Kier molecular flexibility index (Phi) is 4.39. The summed E-state index contributed by atoms with van der Waals surface area (Å²) in [6.45, 7) is 0.449. The Balaban J connectivity index is 1.41. The van der Waals surface area contributed by atoms with E-state index >= 15 is 0 Å². The molecule has 0 bridgehead atoms. The van der Waals surface area contributed by atoms with E-state index < -0.39 is 11.5 Å². The molecule has 1 unspecified atom stereocenters. The molecule has 8 heteroatoms. The molecule has 2 atom stereocenters. The lowest BCUT2D eigenvalue weighted by Crippen LogP contribution is -2.36. The normalized spacial score (nSPS) is 23.2. The summed E-state index contributed by atoms with van der Waals surface area (Å²) in [6.07, 6.45) is 2.21. The first-order chi connectivity index (χ1) is 14.1. The predicted molar refractivity (Wildman–Crippen MR) is 111 cm³/mol. The molecule has 3 heterocycles. The van der Waals surface area contributed by atoms with Crippen molar-refractivity contribution in [3.63, 3.8) is 0 Å². The first kappa shape index (κ1) is 18.3. The maximum atomic E-state index is 13.2. The lowest BCUT2D eigenvalue weighted by atomic mass is 9.80. The van der Waals surface area contributed by atoms with Crippen LogP contribution in [-0.2, 0) is 10.2 Å². The third-order valence-corrected chi connectivity index (χ3v) is 7.59. The van der Waals surface area contributed by atoms with Gasteiger partial charge in [0.2, 0.25) is 5.91 Å². The standard InChI is InChI=1S/C21H15FN4OS2/c22-14-7-5-13(6-8-14)18-11-24-20(28-18)29-26-12-21(9-15(26)10-23)16-3-1-2-4-17(16)25-19(21)27/h1-8,11,15H,9,12H2,(H,25,27)/t15?,21-/m0/s1. The zero-order chi connectivity index (χ0) is 20.0. The van der Waals surface area contributed by atoms with Crippen LogP contribution in [0.15, 0.2) is 59.1 Å². The van der Waals surface area contributed by atoms with Crippen molar-refractivity contribution in [1.29, 1.82) is 5.26 Å². The van der Waals surface area contributed by atoms with E-state index in [4.69, 9.17) is 0 Å². The summed E-state index contributed by atoms with van der Waals surface area (Å²) >= 11 is 2.89. The van der Waals surface area contributed by atoms with Crippen molar-refractivity contribution in [1.82, 2.24) is 9.29 Å². The predicted octanol–water partition coefficient (Wildman–Crippen LogP) is 4.44. The number of hydrogen-bond donors (Lipinski definition) is 1. The minimum atomic E-state index is -0.707. The molecule has 1 spiro atoms. The van der Waals surface area contributed by atoms with Crippen LogP contribution in [0.2, 0.25) is 0 Å². The smallest absolute Gasteiger partial charge is 0.236 e. The Morgan fingerprint density at radius 2 is 2.07 bits per heavy atom. The number of nitriles is 1. The molecule has 0 saturated carbocycles. The van der Waals surface area contributed by atoms with E-state index in [0.717, 1.165) is 26.0 Å². The maximum absolute atomic E-state index is 13.2. The number of rotatable bonds is 3. The van der Waals surface area contributed by atoms with Crippen LogP contribution in [0, 0.1) is 17.1 Å². The quantitative estimate of drug-likeness (QED) is 0.632. The molecular formula is C21H15FN4OS2. The number of aromatic nitrogens is 1. The number of nitrogens with zero attached hydrogens (tertiary/aromatic N) is 3. The molecule has 2 aliphatic rings. The van der Waals surface area contributed by atoms with Gasteiger partial charge in [0.05, 0.1) is 16.4 Å². The molecule has 29 heavy (non-hydrogen) atoms. The zero-order valence-electron chi connectivity index (χ0n) is 15.1. The van der Waals surface area contributed by atoms with Gasteiger partial charge in [-0.25, -0.2) is 13.7 Å². The molecule has 5 nitrogen and oxygen atoms in total. The Labute approximate surface area is 175 Å². The molecule has 5 rings (SSSR count). The van der Waals surface area contributed by atoms with Gasteiger partial charge in [-0.3, -0.25) is 4.79 Å². The molecule has 2 aliphatic heterocycles. The Morgan fingerprint density at radius 3 is 2.86 bits per heavy atom. The Bertz CT molecular complexity index is 1140. The minimum Gasteiger partial charge on any atom is -0.325 e. The first-order valence-corrected chi connectivity index (χ1v) is 10.6. The van der Waals surface area contributed by atoms with Crippen molar-refractivity contribution >= 4 is 34.9 Å². The summed E-state index contributed by atoms with van der Waals surface area (Å²) < 4.78 is 15.9. The largest absolute Gasteiger partial charge is 0.325 e. The van der Waals surface area contributed by atoms with Crippen LogP contribution in [0.5, 0.6) is 0 Å². The fraction of sp³-hybridized carbons (Fsp3) is 0.190. The fourth-order valence-electron chi connectivity index (χ4n) is 3.96.